The predicted octanol–water partition coefficient (Wildman–Crippen LogP) is 2.57. The molecule has 0 aliphatic heterocycles. The molecule has 1 unspecified atom stereocenters. The van der Waals surface area contributed by atoms with Crippen LogP contribution in [0.2, 0.25) is 0 Å². The molecule has 1 N–H and O–H groups in total. The molecule has 20 heavy (non-hydrogen) atoms. The molecule has 5 nitrogen and oxygen atoms in total. The van der Waals surface area contributed by atoms with E-state index in [1.54, 1.807) is 0 Å². The maximum Gasteiger partial charge on any atom is 0.303 e. The van der Waals surface area contributed by atoms with Gasteiger partial charge in [-0.1, -0.05) is 0 Å². The molecule has 1 heterocycles. The minimum Gasteiger partial charge on any atom is -0.481 e. The van der Waals surface area contributed by atoms with Crippen molar-refractivity contribution in [1.82, 2.24) is 9.78 Å². The number of aromatic nitrogens is 2. The Morgan fingerprint density at radius 3 is 2.90 bits per heavy atom. The van der Waals surface area contributed by atoms with E-state index >= 15 is 0 Å². The fourth-order valence-electron chi connectivity index (χ4n) is 3.31. The summed E-state index contributed by atoms with van der Waals surface area (Å²) < 4.78 is 1.97. The molecule has 1 aromatic rings. The summed E-state index contributed by atoms with van der Waals surface area (Å²) in [5, 5.41) is 22.6. The monoisotopic (exact) mass is 273 g/mol. The molecule has 1 atom stereocenters. The van der Waals surface area contributed by atoms with Gasteiger partial charge in [0.15, 0.2) is 0 Å². The Hall–Kier alpha value is -1.83. The fraction of sp³-hybridized carbons (Fsp3) is 0.667. The van der Waals surface area contributed by atoms with Gasteiger partial charge in [-0.05, 0) is 38.0 Å². The van der Waals surface area contributed by atoms with Gasteiger partial charge in [-0.15, -0.1) is 0 Å². The maximum absolute atomic E-state index is 11.1. The minimum atomic E-state index is -0.727. The first-order valence-corrected chi connectivity index (χ1v) is 7.39. The molecule has 5 heteroatoms. The van der Waals surface area contributed by atoms with Crippen LogP contribution in [0.3, 0.4) is 0 Å². The molecule has 0 amide bonds. The van der Waals surface area contributed by atoms with E-state index in [0.717, 1.165) is 25.0 Å². The van der Waals surface area contributed by atoms with Crippen molar-refractivity contribution in [1.29, 1.82) is 5.26 Å². The number of hydrogen-bond donors (Lipinski definition) is 1. The molecule has 3 rings (SSSR count). The number of carboxylic acid groups (broad SMARTS) is 1. The van der Waals surface area contributed by atoms with Gasteiger partial charge in [0.05, 0.1) is 31.1 Å². The number of fused-ring (bicyclic) bond motifs is 1. The zero-order valence-electron chi connectivity index (χ0n) is 11.5. The third-order valence-corrected chi connectivity index (χ3v) is 4.32. The van der Waals surface area contributed by atoms with Crippen LogP contribution in [0.15, 0.2) is 0 Å². The number of nitriles is 1. The predicted molar refractivity (Wildman–Crippen MR) is 72.4 cm³/mol. The smallest absolute Gasteiger partial charge is 0.303 e. The molecular weight excluding hydrogens is 254 g/mol. The standard InChI is InChI=1S/C15H19N3O2/c16-7-2-8-18-12-4-1-3-11(9-13(19)20)14(12)15(17-18)10-5-6-10/h10-11H,1-6,8-9H2,(H,19,20). The Bertz CT molecular complexity index is 566. The third-order valence-electron chi connectivity index (χ3n) is 4.32. The summed E-state index contributed by atoms with van der Waals surface area (Å²) in [7, 11) is 0. The summed E-state index contributed by atoms with van der Waals surface area (Å²) in [6, 6.07) is 2.17. The second-order valence-electron chi connectivity index (χ2n) is 5.84. The van der Waals surface area contributed by atoms with Crippen molar-refractivity contribution in [3.8, 4) is 6.07 Å². The van der Waals surface area contributed by atoms with Crippen molar-refractivity contribution in [2.45, 2.75) is 63.3 Å². The first kappa shape index (κ1) is 13.2. The van der Waals surface area contributed by atoms with Crippen molar-refractivity contribution < 1.29 is 9.90 Å². The van der Waals surface area contributed by atoms with E-state index in [1.807, 2.05) is 4.68 Å². The fourth-order valence-corrected chi connectivity index (χ4v) is 3.31. The summed E-state index contributed by atoms with van der Waals surface area (Å²) in [6.07, 6.45) is 5.94. The molecule has 1 aromatic heterocycles. The van der Waals surface area contributed by atoms with Gasteiger partial charge < -0.3 is 5.11 Å². The number of carbonyl (C=O) groups is 1. The first-order valence-electron chi connectivity index (χ1n) is 7.39. The van der Waals surface area contributed by atoms with Crippen LogP contribution in [-0.4, -0.2) is 20.9 Å². The van der Waals surface area contributed by atoms with Gasteiger partial charge in [0.2, 0.25) is 0 Å². The summed E-state index contributed by atoms with van der Waals surface area (Å²) in [5.41, 5.74) is 3.53. The van der Waals surface area contributed by atoms with Crippen LogP contribution >= 0.6 is 0 Å². The zero-order chi connectivity index (χ0) is 14.1. The molecule has 0 radical (unpaired) electrons. The molecule has 1 fully saturated rings. The normalized spacial score (nSPS) is 21.2. The lowest BCUT2D eigenvalue weighted by atomic mass is 9.82. The summed E-state index contributed by atoms with van der Waals surface area (Å²) in [4.78, 5) is 11.1. The zero-order valence-corrected chi connectivity index (χ0v) is 11.5. The molecule has 1 saturated carbocycles. The minimum absolute atomic E-state index is 0.114. The van der Waals surface area contributed by atoms with Crippen LogP contribution in [0.5, 0.6) is 0 Å². The van der Waals surface area contributed by atoms with Crippen molar-refractivity contribution in [3.05, 3.63) is 17.0 Å². The van der Waals surface area contributed by atoms with Crippen LogP contribution < -0.4 is 0 Å². The van der Waals surface area contributed by atoms with Gasteiger partial charge in [0.25, 0.3) is 0 Å². The molecular formula is C15H19N3O2. The lowest BCUT2D eigenvalue weighted by Crippen LogP contribution is -2.16. The van der Waals surface area contributed by atoms with E-state index in [-0.39, 0.29) is 12.3 Å². The quantitative estimate of drug-likeness (QED) is 0.894. The number of aliphatic carboxylic acids is 1. The van der Waals surface area contributed by atoms with Crippen LogP contribution in [0.4, 0.5) is 0 Å². The summed E-state index contributed by atoms with van der Waals surface area (Å²) in [6.45, 7) is 0.630. The van der Waals surface area contributed by atoms with Crippen molar-refractivity contribution >= 4 is 5.97 Å². The molecule has 0 spiro atoms. The topological polar surface area (TPSA) is 78.9 Å². The average Bonchev–Trinajstić information content (AvgIpc) is 3.19. The van der Waals surface area contributed by atoms with E-state index in [0.29, 0.717) is 18.9 Å². The lowest BCUT2D eigenvalue weighted by Gasteiger charge is -2.22. The number of aryl methyl sites for hydroxylation is 1. The maximum atomic E-state index is 11.1. The largest absolute Gasteiger partial charge is 0.481 e. The van der Waals surface area contributed by atoms with E-state index in [9.17, 15) is 4.79 Å². The van der Waals surface area contributed by atoms with E-state index in [1.165, 1.54) is 24.1 Å². The van der Waals surface area contributed by atoms with Crippen LogP contribution in [-0.2, 0) is 17.8 Å². The Morgan fingerprint density at radius 2 is 2.25 bits per heavy atom. The highest BCUT2D eigenvalue weighted by Gasteiger charge is 2.36. The molecule has 2 aliphatic rings. The van der Waals surface area contributed by atoms with Crippen LogP contribution in [0.25, 0.3) is 0 Å². The molecule has 106 valence electrons. The van der Waals surface area contributed by atoms with Gasteiger partial charge in [-0.25, -0.2) is 0 Å². The van der Waals surface area contributed by atoms with E-state index in [2.05, 4.69) is 6.07 Å². The average molecular weight is 273 g/mol. The second kappa shape index (κ2) is 5.28. The van der Waals surface area contributed by atoms with Gasteiger partial charge in [0, 0.05) is 17.2 Å². The molecule has 0 saturated heterocycles. The Balaban J connectivity index is 1.97. The molecule has 2 aliphatic carbocycles. The number of carboxylic acids is 1. The summed E-state index contributed by atoms with van der Waals surface area (Å²) >= 11 is 0. The SMILES string of the molecule is N#CCCn1nc(C2CC2)c2c1CCCC2CC(=O)O. The van der Waals surface area contributed by atoms with E-state index in [4.69, 9.17) is 15.5 Å². The summed E-state index contributed by atoms with van der Waals surface area (Å²) in [5.74, 6) is -0.0847. The third kappa shape index (κ3) is 2.43. The van der Waals surface area contributed by atoms with E-state index < -0.39 is 5.97 Å². The van der Waals surface area contributed by atoms with Crippen LogP contribution in [0.1, 0.15) is 67.3 Å². The highest BCUT2D eigenvalue weighted by molar-refractivity contribution is 5.68. The lowest BCUT2D eigenvalue weighted by molar-refractivity contribution is -0.137. The van der Waals surface area contributed by atoms with Crippen molar-refractivity contribution in [3.63, 3.8) is 0 Å². The van der Waals surface area contributed by atoms with Gasteiger partial charge in [0.1, 0.15) is 0 Å². The number of hydrogen-bond acceptors (Lipinski definition) is 3. The number of nitrogens with zero attached hydrogens (tertiary/aromatic N) is 3. The highest BCUT2D eigenvalue weighted by atomic mass is 16.4. The second-order valence-corrected chi connectivity index (χ2v) is 5.84. The van der Waals surface area contributed by atoms with Gasteiger partial charge in [-0.2, -0.15) is 10.4 Å². The Labute approximate surface area is 118 Å². The first-order chi connectivity index (χ1) is 9.70. The van der Waals surface area contributed by atoms with Crippen molar-refractivity contribution in [2.75, 3.05) is 0 Å². The Kier molecular flexibility index (Phi) is 3.47. The van der Waals surface area contributed by atoms with Gasteiger partial charge in [-0.3, -0.25) is 9.48 Å². The Morgan fingerprint density at radius 1 is 1.45 bits per heavy atom. The van der Waals surface area contributed by atoms with Gasteiger partial charge >= 0.3 is 5.97 Å². The highest BCUT2D eigenvalue weighted by Crippen LogP contribution is 2.46. The molecule has 0 bridgehead atoms. The van der Waals surface area contributed by atoms with Crippen molar-refractivity contribution in [2.24, 2.45) is 0 Å². The van der Waals surface area contributed by atoms with Crippen LogP contribution in [0, 0.1) is 11.3 Å². The molecule has 0 aromatic carbocycles. The number of rotatable bonds is 5.